The van der Waals surface area contributed by atoms with E-state index in [1.165, 1.54) is 6.42 Å². The lowest BCUT2D eigenvalue weighted by molar-refractivity contribution is -0.106. The zero-order valence-electron chi connectivity index (χ0n) is 9.86. The van der Waals surface area contributed by atoms with Gasteiger partial charge in [-0.05, 0) is 31.4 Å². The Morgan fingerprint density at radius 3 is 2.88 bits per heavy atom. The Bertz CT molecular complexity index is 343. The smallest absolute Gasteiger partial charge is 0.199 e. The SMILES string of the molecule is COc1ccc(C)c(OC2CCCCO2)c1. The molecule has 0 amide bonds. The molecule has 0 saturated carbocycles. The third-order valence-electron chi connectivity index (χ3n) is 2.79. The molecule has 16 heavy (non-hydrogen) atoms. The standard InChI is InChI=1S/C13H18O3/c1-10-6-7-11(14-2)9-12(10)16-13-5-3-4-8-15-13/h6-7,9,13H,3-5,8H2,1-2H3. The summed E-state index contributed by atoms with van der Waals surface area (Å²) in [7, 11) is 1.66. The maximum absolute atomic E-state index is 5.83. The Balaban J connectivity index is 2.06. The van der Waals surface area contributed by atoms with E-state index in [1.807, 2.05) is 25.1 Å². The van der Waals surface area contributed by atoms with Crippen LogP contribution in [0.1, 0.15) is 24.8 Å². The summed E-state index contributed by atoms with van der Waals surface area (Å²) in [5.41, 5.74) is 1.11. The van der Waals surface area contributed by atoms with Crippen LogP contribution >= 0.6 is 0 Å². The van der Waals surface area contributed by atoms with Crippen LogP contribution < -0.4 is 9.47 Å². The Labute approximate surface area is 96.3 Å². The van der Waals surface area contributed by atoms with Gasteiger partial charge in [0.05, 0.1) is 13.7 Å². The molecule has 0 N–H and O–H groups in total. The number of rotatable bonds is 3. The molecule has 1 saturated heterocycles. The van der Waals surface area contributed by atoms with Crippen molar-refractivity contribution in [2.45, 2.75) is 32.5 Å². The van der Waals surface area contributed by atoms with Crippen LogP contribution in [0.15, 0.2) is 18.2 Å². The molecule has 0 aromatic heterocycles. The van der Waals surface area contributed by atoms with Gasteiger partial charge in [0.2, 0.25) is 0 Å². The van der Waals surface area contributed by atoms with Crippen LogP contribution in [0.5, 0.6) is 11.5 Å². The summed E-state index contributed by atoms with van der Waals surface area (Å²) in [6.45, 7) is 2.82. The fourth-order valence-corrected chi connectivity index (χ4v) is 1.78. The molecule has 1 fully saturated rings. The minimum Gasteiger partial charge on any atom is -0.497 e. The molecule has 1 aliphatic rings. The molecule has 0 aliphatic carbocycles. The molecule has 0 radical (unpaired) electrons. The van der Waals surface area contributed by atoms with Crippen LogP contribution in [0, 0.1) is 6.92 Å². The Hall–Kier alpha value is -1.22. The minimum atomic E-state index is -0.0976. The zero-order chi connectivity index (χ0) is 11.4. The van der Waals surface area contributed by atoms with Gasteiger partial charge in [-0.2, -0.15) is 0 Å². The van der Waals surface area contributed by atoms with E-state index < -0.39 is 0 Å². The van der Waals surface area contributed by atoms with Crippen LogP contribution in [0.25, 0.3) is 0 Å². The molecular formula is C13H18O3. The van der Waals surface area contributed by atoms with Crippen LogP contribution in [0.4, 0.5) is 0 Å². The van der Waals surface area contributed by atoms with Crippen molar-refractivity contribution in [2.24, 2.45) is 0 Å². The monoisotopic (exact) mass is 222 g/mol. The third kappa shape index (κ3) is 2.67. The molecule has 2 rings (SSSR count). The predicted octanol–water partition coefficient (Wildman–Crippen LogP) is 2.91. The van der Waals surface area contributed by atoms with Gasteiger partial charge in [0.1, 0.15) is 11.5 Å². The van der Waals surface area contributed by atoms with Crippen molar-refractivity contribution in [1.82, 2.24) is 0 Å². The second-order valence-corrected chi connectivity index (χ2v) is 4.05. The van der Waals surface area contributed by atoms with Crippen molar-refractivity contribution >= 4 is 0 Å². The van der Waals surface area contributed by atoms with E-state index >= 15 is 0 Å². The number of aryl methyl sites for hydroxylation is 1. The number of ether oxygens (including phenoxy) is 3. The lowest BCUT2D eigenvalue weighted by Crippen LogP contribution is -2.25. The normalized spacial score (nSPS) is 20.5. The fourth-order valence-electron chi connectivity index (χ4n) is 1.78. The first kappa shape index (κ1) is 11.3. The topological polar surface area (TPSA) is 27.7 Å². The third-order valence-corrected chi connectivity index (χ3v) is 2.79. The van der Waals surface area contributed by atoms with Crippen molar-refractivity contribution in [3.8, 4) is 11.5 Å². The molecule has 1 aromatic rings. The van der Waals surface area contributed by atoms with E-state index in [-0.39, 0.29) is 6.29 Å². The van der Waals surface area contributed by atoms with E-state index in [1.54, 1.807) is 7.11 Å². The highest BCUT2D eigenvalue weighted by Gasteiger charge is 2.16. The molecule has 88 valence electrons. The van der Waals surface area contributed by atoms with Crippen LogP contribution in [0.2, 0.25) is 0 Å². The van der Waals surface area contributed by atoms with Crippen molar-refractivity contribution in [1.29, 1.82) is 0 Å². The molecule has 1 aliphatic heterocycles. The van der Waals surface area contributed by atoms with Gasteiger partial charge in [-0.25, -0.2) is 0 Å². The van der Waals surface area contributed by atoms with Gasteiger partial charge < -0.3 is 14.2 Å². The molecular weight excluding hydrogens is 204 g/mol. The molecule has 0 spiro atoms. The van der Waals surface area contributed by atoms with Crippen LogP contribution in [0.3, 0.4) is 0 Å². The van der Waals surface area contributed by atoms with Crippen LogP contribution in [-0.4, -0.2) is 20.0 Å². The summed E-state index contributed by atoms with van der Waals surface area (Å²) in [5.74, 6) is 1.67. The molecule has 1 unspecified atom stereocenters. The summed E-state index contributed by atoms with van der Waals surface area (Å²) in [6, 6.07) is 5.84. The quantitative estimate of drug-likeness (QED) is 0.787. The predicted molar refractivity (Wildman–Crippen MR) is 62.0 cm³/mol. The average Bonchev–Trinajstić information content (AvgIpc) is 2.33. The summed E-state index contributed by atoms with van der Waals surface area (Å²) in [6.07, 6.45) is 3.18. The van der Waals surface area contributed by atoms with Gasteiger partial charge in [0.25, 0.3) is 0 Å². The summed E-state index contributed by atoms with van der Waals surface area (Å²) in [4.78, 5) is 0. The van der Waals surface area contributed by atoms with E-state index in [2.05, 4.69) is 0 Å². The first-order valence-corrected chi connectivity index (χ1v) is 5.72. The second-order valence-electron chi connectivity index (χ2n) is 4.05. The van der Waals surface area contributed by atoms with E-state index in [4.69, 9.17) is 14.2 Å². The van der Waals surface area contributed by atoms with Crippen LogP contribution in [-0.2, 0) is 4.74 Å². The number of hydrogen-bond acceptors (Lipinski definition) is 3. The van der Waals surface area contributed by atoms with E-state index in [9.17, 15) is 0 Å². The first-order valence-electron chi connectivity index (χ1n) is 5.72. The summed E-state index contributed by atoms with van der Waals surface area (Å²) >= 11 is 0. The van der Waals surface area contributed by atoms with Gasteiger partial charge in [-0.3, -0.25) is 0 Å². The maximum atomic E-state index is 5.83. The zero-order valence-corrected chi connectivity index (χ0v) is 9.86. The van der Waals surface area contributed by atoms with Crippen molar-refractivity contribution in [2.75, 3.05) is 13.7 Å². The Morgan fingerprint density at radius 2 is 2.19 bits per heavy atom. The number of benzene rings is 1. The van der Waals surface area contributed by atoms with Gasteiger partial charge in [-0.1, -0.05) is 6.07 Å². The summed E-state index contributed by atoms with van der Waals surface area (Å²) < 4.78 is 16.6. The van der Waals surface area contributed by atoms with Gasteiger partial charge in [0.15, 0.2) is 6.29 Å². The molecule has 3 nitrogen and oxygen atoms in total. The molecule has 1 atom stereocenters. The fraction of sp³-hybridized carbons (Fsp3) is 0.538. The van der Waals surface area contributed by atoms with Gasteiger partial charge in [0, 0.05) is 12.5 Å². The lowest BCUT2D eigenvalue weighted by atomic mass is 10.2. The van der Waals surface area contributed by atoms with Gasteiger partial charge in [-0.15, -0.1) is 0 Å². The highest BCUT2D eigenvalue weighted by atomic mass is 16.7. The van der Waals surface area contributed by atoms with Gasteiger partial charge >= 0.3 is 0 Å². The van der Waals surface area contributed by atoms with Crippen molar-refractivity contribution in [3.05, 3.63) is 23.8 Å². The molecule has 1 aromatic carbocycles. The number of hydrogen-bond donors (Lipinski definition) is 0. The Kier molecular flexibility index (Phi) is 3.67. The highest BCUT2D eigenvalue weighted by molar-refractivity contribution is 5.39. The maximum Gasteiger partial charge on any atom is 0.199 e. The minimum absolute atomic E-state index is 0.0976. The van der Waals surface area contributed by atoms with E-state index in [0.717, 1.165) is 36.5 Å². The molecule has 1 heterocycles. The van der Waals surface area contributed by atoms with Crippen molar-refractivity contribution < 1.29 is 14.2 Å². The molecule has 0 bridgehead atoms. The van der Waals surface area contributed by atoms with Crippen molar-refractivity contribution in [3.63, 3.8) is 0 Å². The second kappa shape index (κ2) is 5.21. The lowest BCUT2D eigenvalue weighted by Gasteiger charge is -2.24. The highest BCUT2D eigenvalue weighted by Crippen LogP contribution is 2.26. The Morgan fingerprint density at radius 1 is 1.31 bits per heavy atom. The summed E-state index contributed by atoms with van der Waals surface area (Å²) in [5, 5.41) is 0. The molecule has 3 heteroatoms. The first-order chi connectivity index (χ1) is 7.79. The van der Waals surface area contributed by atoms with E-state index in [0.29, 0.717) is 0 Å². The largest absolute Gasteiger partial charge is 0.497 e. The average molecular weight is 222 g/mol. The number of methoxy groups -OCH3 is 1.